The summed E-state index contributed by atoms with van der Waals surface area (Å²) in [6.45, 7) is 2.93. The number of amides is 2. The van der Waals surface area contributed by atoms with Crippen LogP contribution in [0.25, 0.3) is 0 Å². The molecule has 4 aromatic rings. The number of likely N-dealkylation sites (tertiary alicyclic amines) is 1. The first-order valence-electron chi connectivity index (χ1n) is 15.5. The molecule has 45 heavy (non-hydrogen) atoms. The van der Waals surface area contributed by atoms with Crippen LogP contribution in [0.5, 0.6) is 0 Å². The molecule has 2 amide bonds. The maximum atomic E-state index is 14.3. The summed E-state index contributed by atoms with van der Waals surface area (Å²) in [6, 6.07) is 37.8. The molecule has 4 atom stereocenters. The van der Waals surface area contributed by atoms with Crippen molar-refractivity contribution >= 4 is 17.5 Å². The molecule has 0 aliphatic carbocycles. The molecule has 1 fully saturated rings. The molecule has 5 rings (SSSR count). The molecule has 4 aromatic carbocycles. The highest BCUT2D eigenvalue weighted by Crippen LogP contribution is 2.31. The number of anilines is 1. The fraction of sp³-hybridized carbons (Fsp3) is 0.297. The standard InChI is InChI=1S/C37H41N3O5/c1-2-15-32-33(41)34(43-24-28-16-7-3-8-17-28)35(44-25-29-18-9-4-10-19-29)36(45-26-30-20-11-5-12-21-30)40(32)27-38-37(42)39-31-22-13-6-14-23-31/h3-14,16-23,32,34-36H,2,15,24-27H2,1H3,(H2,38,39,42)/t32?,34-,35-,36-/m0/s1. The lowest BCUT2D eigenvalue weighted by Crippen LogP contribution is -2.67. The van der Waals surface area contributed by atoms with Gasteiger partial charge in [-0.05, 0) is 35.2 Å². The second-order valence-electron chi connectivity index (χ2n) is 11.0. The van der Waals surface area contributed by atoms with Gasteiger partial charge < -0.3 is 24.8 Å². The third-order valence-corrected chi connectivity index (χ3v) is 7.75. The normalized spacial score (nSPS) is 20.1. The predicted octanol–water partition coefficient (Wildman–Crippen LogP) is 6.53. The van der Waals surface area contributed by atoms with Gasteiger partial charge in [-0.1, -0.05) is 123 Å². The van der Waals surface area contributed by atoms with Crippen LogP contribution in [-0.4, -0.2) is 47.9 Å². The van der Waals surface area contributed by atoms with Crippen molar-refractivity contribution in [2.24, 2.45) is 0 Å². The van der Waals surface area contributed by atoms with Gasteiger partial charge in [0, 0.05) is 5.69 Å². The van der Waals surface area contributed by atoms with Crippen molar-refractivity contribution in [3.8, 4) is 0 Å². The van der Waals surface area contributed by atoms with E-state index in [1.807, 2.05) is 133 Å². The minimum absolute atomic E-state index is 0.0745. The van der Waals surface area contributed by atoms with Crippen LogP contribution in [-0.2, 0) is 38.8 Å². The molecule has 2 N–H and O–H groups in total. The summed E-state index contributed by atoms with van der Waals surface area (Å²) in [5.74, 6) is -0.0873. The van der Waals surface area contributed by atoms with Crippen molar-refractivity contribution in [3.63, 3.8) is 0 Å². The van der Waals surface area contributed by atoms with E-state index < -0.39 is 24.5 Å². The van der Waals surface area contributed by atoms with Crippen LogP contribution in [0.2, 0.25) is 0 Å². The van der Waals surface area contributed by atoms with E-state index in [9.17, 15) is 9.59 Å². The number of hydrogen-bond donors (Lipinski definition) is 2. The smallest absolute Gasteiger partial charge is 0.320 e. The van der Waals surface area contributed by atoms with Crippen molar-refractivity contribution in [3.05, 3.63) is 138 Å². The van der Waals surface area contributed by atoms with Gasteiger partial charge in [-0.3, -0.25) is 4.79 Å². The van der Waals surface area contributed by atoms with Gasteiger partial charge in [0.15, 0.2) is 5.78 Å². The summed E-state index contributed by atoms with van der Waals surface area (Å²) in [7, 11) is 0. The Balaban J connectivity index is 1.44. The first-order chi connectivity index (χ1) is 22.1. The summed E-state index contributed by atoms with van der Waals surface area (Å²) in [5.41, 5.74) is 3.59. The SMILES string of the molecule is CCCC1C(=O)[C@H](OCc2ccccc2)[C@H](OCc2ccccc2)[C@H](OCc2ccccc2)N1CNC(=O)Nc1ccccc1. The zero-order chi connectivity index (χ0) is 31.3. The van der Waals surface area contributed by atoms with Gasteiger partial charge >= 0.3 is 6.03 Å². The number of nitrogens with one attached hydrogen (secondary N) is 2. The second-order valence-corrected chi connectivity index (χ2v) is 11.0. The maximum absolute atomic E-state index is 14.3. The van der Waals surface area contributed by atoms with Gasteiger partial charge in [-0.2, -0.15) is 0 Å². The summed E-state index contributed by atoms with van der Waals surface area (Å²) in [6.07, 6.45) is -1.00. The zero-order valence-corrected chi connectivity index (χ0v) is 25.6. The van der Waals surface area contributed by atoms with Crippen LogP contribution in [0.15, 0.2) is 121 Å². The number of urea groups is 1. The number of Topliss-reactive ketones (excluding diaryl/α,β-unsaturated/α-hetero) is 1. The predicted molar refractivity (Wildman–Crippen MR) is 174 cm³/mol. The Morgan fingerprint density at radius 3 is 1.71 bits per heavy atom. The van der Waals surface area contributed by atoms with Crippen LogP contribution in [0, 0.1) is 0 Å². The van der Waals surface area contributed by atoms with Gasteiger partial charge in [-0.25, -0.2) is 9.69 Å². The maximum Gasteiger partial charge on any atom is 0.320 e. The number of ether oxygens (including phenoxy) is 3. The monoisotopic (exact) mass is 607 g/mol. The fourth-order valence-electron chi connectivity index (χ4n) is 5.49. The molecule has 0 bridgehead atoms. The van der Waals surface area contributed by atoms with Crippen LogP contribution in [0.3, 0.4) is 0 Å². The largest absolute Gasteiger partial charge is 0.366 e. The van der Waals surface area contributed by atoms with Crippen molar-refractivity contribution in [2.75, 3.05) is 12.0 Å². The van der Waals surface area contributed by atoms with Crippen molar-refractivity contribution < 1.29 is 23.8 Å². The van der Waals surface area contributed by atoms with E-state index in [4.69, 9.17) is 14.2 Å². The molecule has 1 saturated heterocycles. The van der Waals surface area contributed by atoms with Crippen LogP contribution >= 0.6 is 0 Å². The Kier molecular flexibility index (Phi) is 11.9. The number of carbonyl (C=O) groups excluding carboxylic acids is 2. The Labute approximate surface area is 265 Å². The average molecular weight is 608 g/mol. The minimum atomic E-state index is -0.874. The molecular weight excluding hydrogens is 566 g/mol. The number of rotatable bonds is 14. The molecule has 1 heterocycles. The first kappa shape index (κ1) is 32.1. The number of piperidine rings is 1. The van der Waals surface area contributed by atoms with Crippen LogP contribution in [0.4, 0.5) is 10.5 Å². The van der Waals surface area contributed by atoms with Crippen molar-refractivity contribution in [2.45, 2.75) is 64.1 Å². The van der Waals surface area contributed by atoms with Gasteiger partial charge in [0.05, 0.1) is 32.5 Å². The van der Waals surface area contributed by atoms with E-state index in [0.29, 0.717) is 18.7 Å². The zero-order valence-electron chi connectivity index (χ0n) is 25.6. The van der Waals surface area contributed by atoms with Crippen LogP contribution in [0.1, 0.15) is 36.5 Å². The molecule has 0 radical (unpaired) electrons. The lowest BCUT2D eigenvalue weighted by atomic mass is 9.91. The van der Waals surface area contributed by atoms with E-state index in [1.165, 1.54) is 0 Å². The second kappa shape index (κ2) is 16.7. The summed E-state index contributed by atoms with van der Waals surface area (Å²) >= 11 is 0. The molecule has 8 nitrogen and oxygen atoms in total. The molecule has 1 aliphatic rings. The van der Waals surface area contributed by atoms with E-state index in [-0.39, 0.29) is 31.7 Å². The Morgan fingerprint density at radius 2 is 1.18 bits per heavy atom. The van der Waals surface area contributed by atoms with E-state index in [1.54, 1.807) is 0 Å². The number of para-hydroxylation sites is 1. The van der Waals surface area contributed by atoms with E-state index >= 15 is 0 Å². The molecule has 234 valence electrons. The number of ketones is 1. The Hall–Kier alpha value is -4.34. The highest BCUT2D eigenvalue weighted by molar-refractivity contribution is 5.91. The highest BCUT2D eigenvalue weighted by atomic mass is 16.6. The van der Waals surface area contributed by atoms with E-state index in [2.05, 4.69) is 10.6 Å². The van der Waals surface area contributed by atoms with Gasteiger partial charge in [0.2, 0.25) is 0 Å². The lowest BCUT2D eigenvalue weighted by molar-refractivity contribution is -0.227. The van der Waals surface area contributed by atoms with Crippen LogP contribution < -0.4 is 10.6 Å². The molecule has 0 spiro atoms. The van der Waals surface area contributed by atoms with Gasteiger partial charge in [0.25, 0.3) is 0 Å². The molecule has 0 aromatic heterocycles. The topological polar surface area (TPSA) is 89.1 Å². The number of hydrogen-bond acceptors (Lipinski definition) is 6. The number of benzene rings is 4. The fourth-order valence-corrected chi connectivity index (χ4v) is 5.49. The quantitative estimate of drug-likeness (QED) is 0.169. The molecule has 1 aliphatic heterocycles. The Morgan fingerprint density at radius 1 is 0.689 bits per heavy atom. The molecule has 0 saturated carbocycles. The van der Waals surface area contributed by atoms with Crippen molar-refractivity contribution in [1.29, 1.82) is 0 Å². The molecule has 8 heteroatoms. The summed E-state index contributed by atoms with van der Waals surface area (Å²) < 4.78 is 19.6. The molecular formula is C37H41N3O5. The highest BCUT2D eigenvalue weighted by Gasteiger charge is 2.50. The minimum Gasteiger partial charge on any atom is -0.366 e. The average Bonchev–Trinajstić information content (AvgIpc) is 3.08. The first-order valence-corrected chi connectivity index (χ1v) is 15.5. The third kappa shape index (κ3) is 9.09. The Bertz CT molecular complexity index is 1460. The summed E-state index contributed by atoms with van der Waals surface area (Å²) in [5, 5.41) is 5.81. The number of nitrogens with zero attached hydrogens (tertiary/aromatic N) is 1. The van der Waals surface area contributed by atoms with Crippen molar-refractivity contribution in [1.82, 2.24) is 10.2 Å². The summed E-state index contributed by atoms with van der Waals surface area (Å²) in [4.78, 5) is 29.2. The number of carbonyl (C=O) groups is 2. The van der Waals surface area contributed by atoms with Gasteiger partial charge in [0.1, 0.15) is 18.4 Å². The van der Waals surface area contributed by atoms with E-state index in [0.717, 1.165) is 23.1 Å². The molecule has 1 unspecified atom stereocenters. The van der Waals surface area contributed by atoms with Gasteiger partial charge in [-0.15, -0.1) is 0 Å². The third-order valence-electron chi connectivity index (χ3n) is 7.75. The lowest BCUT2D eigenvalue weighted by Gasteiger charge is -2.47.